The van der Waals surface area contributed by atoms with Gasteiger partial charge in [-0.3, -0.25) is 14.2 Å². The minimum absolute atomic E-state index is 0.153. The molecule has 154 valence electrons. The van der Waals surface area contributed by atoms with Crippen molar-refractivity contribution in [3.05, 3.63) is 63.6 Å². The Morgan fingerprint density at radius 3 is 2.66 bits per heavy atom. The van der Waals surface area contributed by atoms with Crippen LogP contribution in [0.5, 0.6) is 0 Å². The van der Waals surface area contributed by atoms with E-state index in [9.17, 15) is 18.0 Å². The molecule has 1 aromatic carbocycles. The van der Waals surface area contributed by atoms with E-state index >= 15 is 0 Å². The molecule has 0 saturated carbocycles. The molecule has 0 aliphatic carbocycles. The predicted molar refractivity (Wildman–Crippen MR) is 106 cm³/mol. The summed E-state index contributed by atoms with van der Waals surface area (Å²) in [5.74, 6) is -0.276. The highest BCUT2D eigenvalue weighted by atomic mass is 79.9. The van der Waals surface area contributed by atoms with Gasteiger partial charge in [0.05, 0.1) is 39.9 Å². The van der Waals surface area contributed by atoms with Gasteiger partial charge in [0.15, 0.2) is 0 Å². The molecule has 1 amide bonds. The second-order valence-corrected chi connectivity index (χ2v) is 7.51. The van der Waals surface area contributed by atoms with Crippen molar-refractivity contribution < 1.29 is 18.0 Å². The van der Waals surface area contributed by atoms with Gasteiger partial charge in [-0.25, -0.2) is 0 Å². The second-order valence-electron chi connectivity index (χ2n) is 6.72. The SMILES string of the molecule is Cc1nn(C(C)C(=O)Nc2cnn(Cc3cccc(C(F)(F)F)c3)c2)c(C)c1Br. The van der Waals surface area contributed by atoms with Gasteiger partial charge in [0.2, 0.25) is 5.91 Å². The van der Waals surface area contributed by atoms with Crippen LogP contribution in [0, 0.1) is 13.8 Å². The van der Waals surface area contributed by atoms with E-state index in [2.05, 4.69) is 31.4 Å². The highest BCUT2D eigenvalue weighted by Crippen LogP contribution is 2.29. The lowest BCUT2D eigenvalue weighted by Gasteiger charge is -2.13. The minimum atomic E-state index is -4.40. The number of nitrogens with zero attached hydrogens (tertiary/aromatic N) is 4. The molecule has 1 N–H and O–H groups in total. The van der Waals surface area contributed by atoms with E-state index in [1.807, 2.05) is 13.8 Å². The topological polar surface area (TPSA) is 64.7 Å². The summed E-state index contributed by atoms with van der Waals surface area (Å²) in [5, 5.41) is 11.2. The molecule has 1 atom stereocenters. The molecule has 0 fully saturated rings. The van der Waals surface area contributed by atoms with Crippen LogP contribution in [0.15, 0.2) is 41.1 Å². The monoisotopic (exact) mass is 469 g/mol. The summed E-state index contributed by atoms with van der Waals surface area (Å²) in [5.41, 5.74) is 1.83. The maximum Gasteiger partial charge on any atom is 0.416 e. The average molecular weight is 470 g/mol. The molecule has 3 aromatic rings. The number of aryl methyl sites for hydroxylation is 1. The van der Waals surface area contributed by atoms with Gasteiger partial charge < -0.3 is 5.32 Å². The third kappa shape index (κ3) is 4.69. The average Bonchev–Trinajstić information content (AvgIpc) is 3.20. The number of alkyl halides is 3. The second kappa shape index (κ2) is 8.02. The summed E-state index contributed by atoms with van der Waals surface area (Å²) in [6, 6.07) is 4.52. The third-order valence-electron chi connectivity index (χ3n) is 4.48. The standard InChI is InChI=1S/C19H19BrF3N5O/c1-11-17(20)12(2)28(26-11)13(3)18(29)25-16-8-24-27(10-16)9-14-5-4-6-15(7-14)19(21,22)23/h4-8,10,13H,9H2,1-3H3,(H,25,29). The van der Waals surface area contributed by atoms with Crippen LogP contribution in [0.3, 0.4) is 0 Å². The smallest absolute Gasteiger partial charge is 0.322 e. The maximum absolute atomic E-state index is 12.8. The van der Waals surface area contributed by atoms with Crippen LogP contribution in [0.2, 0.25) is 0 Å². The lowest BCUT2D eigenvalue weighted by Crippen LogP contribution is -2.25. The van der Waals surface area contributed by atoms with E-state index in [1.165, 1.54) is 16.9 Å². The van der Waals surface area contributed by atoms with Gasteiger partial charge in [0.25, 0.3) is 0 Å². The lowest BCUT2D eigenvalue weighted by molar-refractivity contribution is -0.137. The summed E-state index contributed by atoms with van der Waals surface area (Å²) >= 11 is 3.44. The highest BCUT2D eigenvalue weighted by molar-refractivity contribution is 9.10. The van der Waals surface area contributed by atoms with Crippen LogP contribution < -0.4 is 5.32 Å². The van der Waals surface area contributed by atoms with Gasteiger partial charge in [0, 0.05) is 6.20 Å². The molecule has 29 heavy (non-hydrogen) atoms. The Morgan fingerprint density at radius 1 is 1.31 bits per heavy atom. The molecule has 0 bridgehead atoms. The molecule has 10 heteroatoms. The van der Waals surface area contributed by atoms with E-state index in [0.717, 1.165) is 28.0 Å². The van der Waals surface area contributed by atoms with Crippen LogP contribution in [0.4, 0.5) is 18.9 Å². The first-order valence-electron chi connectivity index (χ1n) is 8.77. The maximum atomic E-state index is 12.8. The molecule has 1 unspecified atom stereocenters. The fourth-order valence-corrected chi connectivity index (χ4v) is 3.19. The number of rotatable bonds is 5. The number of carbonyl (C=O) groups excluding carboxylic acids is 1. The molecule has 0 spiro atoms. The van der Waals surface area contributed by atoms with Crippen LogP contribution in [-0.4, -0.2) is 25.5 Å². The van der Waals surface area contributed by atoms with Gasteiger partial charge in [-0.1, -0.05) is 12.1 Å². The highest BCUT2D eigenvalue weighted by Gasteiger charge is 2.30. The first-order chi connectivity index (χ1) is 13.6. The van der Waals surface area contributed by atoms with Gasteiger partial charge in [-0.15, -0.1) is 0 Å². The Kier molecular flexibility index (Phi) is 5.83. The summed E-state index contributed by atoms with van der Waals surface area (Å²) in [4.78, 5) is 12.6. The van der Waals surface area contributed by atoms with Crippen molar-refractivity contribution in [2.45, 2.75) is 39.5 Å². The van der Waals surface area contributed by atoms with Crippen molar-refractivity contribution >= 4 is 27.5 Å². The van der Waals surface area contributed by atoms with Gasteiger partial charge in [0.1, 0.15) is 6.04 Å². The molecule has 3 rings (SSSR count). The Hall–Kier alpha value is -2.62. The summed E-state index contributed by atoms with van der Waals surface area (Å²) in [6.45, 7) is 5.59. The minimum Gasteiger partial charge on any atom is -0.322 e. The molecular formula is C19H19BrF3N5O. The number of nitrogens with one attached hydrogen (secondary N) is 1. The fraction of sp³-hybridized carbons (Fsp3) is 0.316. The number of carbonyl (C=O) groups is 1. The van der Waals surface area contributed by atoms with Gasteiger partial charge in [-0.05, 0) is 54.4 Å². The number of anilines is 1. The van der Waals surface area contributed by atoms with E-state index in [4.69, 9.17) is 0 Å². The summed E-state index contributed by atoms with van der Waals surface area (Å²) in [7, 11) is 0. The van der Waals surface area contributed by atoms with Crippen LogP contribution >= 0.6 is 15.9 Å². The van der Waals surface area contributed by atoms with Crippen LogP contribution in [0.25, 0.3) is 0 Å². The Morgan fingerprint density at radius 2 is 2.03 bits per heavy atom. The van der Waals surface area contributed by atoms with E-state index in [-0.39, 0.29) is 12.5 Å². The van der Waals surface area contributed by atoms with Gasteiger partial charge >= 0.3 is 6.18 Å². The number of benzene rings is 1. The molecule has 2 aromatic heterocycles. The van der Waals surface area contributed by atoms with Crippen LogP contribution in [0.1, 0.15) is 35.5 Å². The van der Waals surface area contributed by atoms with Crippen molar-refractivity contribution in [1.29, 1.82) is 0 Å². The van der Waals surface area contributed by atoms with E-state index in [1.54, 1.807) is 23.9 Å². The van der Waals surface area contributed by atoms with Crippen molar-refractivity contribution in [2.75, 3.05) is 5.32 Å². The largest absolute Gasteiger partial charge is 0.416 e. The Labute approximate surface area is 173 Å². The Bertz CT molecular complexity index is 1040. The van der Waals surface area contributed by atoms with Gasteiger partial charge in [-0.2, -0.15) is 23.4 Å². The number of halogens is 4. The van der Waals surface area contributed by atoms with Crippen molar-refractivity contribution in [2.24, 2.45) is 0 Å². The predicted octanol–water partition coefficient (Wildman–Crippen LogP) is 4.73. The third-order valence-corrected chi connectivity index (χ3v) is 5.63. The lowest BCUT2D eigenvalue weighted by atomic mass is 10.1. The van der Waals surface area contributed by atoms with E-state index in [0.29, 0.717) is 11.3 Å². The van der Waals surface area contributed by atoms with E-state index < -0.39 is 17.8 Å². The number of hydrogen-bond acceptors (Lipinski definition) is 3. The first kappa shape index (κ1) is 21.1. The first-order valence-corrected chi connectivity index (χ1v) is 9.56. The molecule has 2 heterocycles. The number of aromatic nitrogens is 4. The Balaban J connectivity index is 1.69. The number of amides is 1. The molecule has 0 radical (unpaired) electrons. The van der Waals surface area contributed by atoms with Crippen molar-refractivity contribution in [3.63, 3.8) is 0 Å². The zero-order valence-electron chi connectivity index (χ0n) is 16.0. The van der Waals surface area contributed by atoms with Crippen molar-refractivity contribution in [1.82, 2.24) is 19.6 Å². The molecule has 0 saturated heterocycles. The zero-order chi connectivity index (χ0) is 21.3. The molecule has 0 aliphatic rings. The normalized spacial score (nSPS) is 12.8. The summed E-state index contributed by atoms with van der Waals surface area (Å²) < 4.78 is 42.5. The zero-order valence-corrected chi connectivity index (χ0v) is 17.5. The quantitative estimate of drug-likeness (QED) is 0.587. The molecule has 6 nitrogen and oxygen atoms in total. The fourth-order valence-electron chi connectivity index (χ4n) is 2.93. The summed E-state index contributed by atoms with van der Waals surface area (Å²) in [6.07, 6.45) is -1.37. The molecule has 0 aliphatic heterocycles. The van der Waals surface area contributed by atoms with Crippen molar-refractivity contribution in [3.8, 4) is 0 Å². The molecular weight excluding hydrogens is 451 g/mol. The van der Waals surface area contributed by atoms with Crippen LogP contribution in [-0.2, 0) is 17.5 Å². The number of hydrogen-bond donors (Lipinski definition) is 1.